The van der Waals surface area contributed by atoms with E-state index in [0.29, 0.717) is 0 Å². The van der Waals surface area contributed by atoms with Crippen molar-refractivity contribution in [3.05, 3.63) is 0 Å². The van der Waals surface area contributed by atoms with Crippen LogP contribution >= 0.6 is 0 Å². The Morgan fingerprint density at radius 2 is 1.40 bits per heavy atom. The first kappa shape index (κ1) is 8.84. The molecule has 30 valence electrons. The molecule has 0 aromatic rings. The molecule has 0 aromatic carbocycles. The van der Waals surface area contributed by atoms with Crippen molar-refractivity contribution in [2.24, 2.45) is 0 Å². The van der Waals surface area contributed by atoms with E-state index >= 15 is 0 Å². The van der Waals surface area contributed by atoms with E-state index in [0.717, 1.165) is 0 Å². The molecule has 0 aromatic heterocycles. The van der Waals surface area contributed by atoms with Gasteiger partial charge < -0.3 is 10.2 Å². The highest BCUT2D eigenvalue weighted by Gasteiger charge is 1.70. The SMILES string of the molecule is B.O=C(O)O. The number of hydrogen-bond donors (Lipinski definition) is 2. The van der Waals surface area contributed by atoms with Gasteiger partial charge in [-0.3, -0.25) is 0 Å². The minimum Gasteiger partial charge on any atom is -0.450 e. The molecule has 0 atom stereocenters. The van der Waals surface area contributed by atoms with E-state index in [1.54, 1.807) is 0 Å². The lowest BCUT2D eigenvalue weighted by Crippen LogP contribution is -1.81. The van der Waals surface area contributed by atoms with Gasteiger partial charge in [0, 0.05) is 0 Å². The fourth-order valence-electron chi connectivity index (χ4n) is 0. The summed E-state index contributed by atoms with van der Waals surface area (Å²) in [6.45, 7) is 0. The van der Waals surface area contributed by atoms with Gasteiger partial charge in [-0.05, 0) is 0 Å². The molecule has 0 rings (SSSR count). The Morgan fingerprint density at radius 3 is 1.40 bits per heavy atom. The summed E-state index contributed by atoms with van der Waals surface area (Å²) in [4.78, 5) is 8.56. The van der Waals surface area contributed by atoms with Crippen molar-refractivity contribution in [3.63, 3.8) is 0 Å². The van der Waals surface area contributed by atoms with Gasteiger partial charge in [0.1, 0.15) is 0 Å². The molecule has 0 heterocycles. The van der Waals surface area contributed by atoms with Gasteiger partial charge >= 0.3 is 6.16 Å². The van der Waals surface area contributed by atoms with E-state index < -0.39 is 6.16 Å². The molecule has 0 saturated heterocycles. The Morgan fingerprint density at radius 1 is 1.40 bits per heavy atom. The van der Waals surface area contributed by atoms with Gasteiger partial charge in [-0.25, -0.2) is 4.79 Å². The van der Waals surface area contributed by atoms with Gasteiger partial charge in [0.2, 0.25) is 0 Å². The Labute approximate surface area is 30.8 Å². The van der Waals surface area contributed by atoms with Crippen LogP contribution in [0.5, 0.6) is 0 Å². The zero-order valence-electron chi connectivity index (χ0n) is 1.80. The standard InChI is InChI=1S/CH2O3.BH3/c2-1(3)4;/h(H2,2,3,4);1H3. The maximum atomic E-state index is 8.56. The van der Waals surface area contributed by atoms with Crippen LogP contribution in [0.4, 0.5) is 4.79 Å². The third kappa shape index (κ3) is 13.4. The fourth-order valence-corrected chi connectivity index (χ4v) is 0. The quantitative estimate of drug-likeness (QED) is 0.365. The van der Waals surface area contributed by atoms with Crippen LogP contribution in [-0.2, 0) is 0 Å². The molecule has 0 aliphatic heterocycles. The topological polar surface area (TPSA) is 57.5 Å². The predicted octanol–water partition coefficient (Wildman–Crippen LogP) is -0.962. The second-order valence-electron chi connectivity index (χ2n) is 0.283. The average molecular weight is 75.9 g/mol. The van der Waals surface area contributed by atoms with Crippen LogP contribution in [0.3, 0.4) is 0 Å². The lowest BCUT2D eigenvalue weighted by molar-refractivity contribution is 0.137. The highest BCUT2D eigenvalue weighted by Crippen LogP contribution is 1.42. The van der Waals surface area contributed by atoms with E-state index in [1.807, 2.05) is 0 Å². The second-order valence-corrected chi connectivity index (χ2v) is 0.283. The van der Waals surface area contributed by atoms with Gasteiger partial charge in [-0.15, -0.1) is 0 Å². The summed E-state index contributed by atoms with van der Waals surface area (Å²) in [5.41, 5.74) is 0. The summed E-state index contributed by atoms with van der Waals surface area (Å²) in [6, 6.07) is 0. The monoisotopic (exact) mass is 76.0 g/mol. The molecule has 0 radical (unpaired) electrons. The molecule has 0 aliphatic rings. The van der Waals surface area contributed by atoms with Crippen molar-refractivity contribution in [1.82, 2.24) is 0 Å². The van der Waals surface area contributed by atoms with Crippen LogP contribution in [0, 0.1) is 0 Å². The first-order chi connectivity index (χ1) is 1.73. The van der Waals surface area contributed by atoms with Crippen LogP contribution in [0.1, 0.15) is 0 Å². The maximum absolute atomic E-state index is 8.56. The third-order valence-corrected chi connectivity index (χ3v) is 0. The molecule has 0 bridgehead atoms. The summed E-state index contributed by atoms with van der Waals surface area (Å²) in [5.74, 6) is 0. The maximum Gasteiger partial charge on any atom is 0.503 e. The number of hydrogen-bond acceptors (Lipinski definition) is 1. The van der Waals surface area contributed by atoms with E-state index in [-0.39, 0.29) is 8.41 Å². The van der Waals surface area contributed by atoms with Crippen LogP contribution in [0.15, 0.2) is 0 Å². The van der Waals surface area contributed by atoms with Gasteiger partial charge in [0.05, 0.1) is 8.41 Å². The molecule has 0 amide bonds. The van der Waals surface area contributed by atoms with Gasteiger partial charge in [0.25, 0.3) is 0 Å². The van der Waals surface area contributed by atoms with E-state index in [4.69, 9.17) is 15.0 Å². The lowest BCUT2D eigenvalue weighted by atomic mass is 10.8. The average Bonchev–Trinajstić information content (AvgIpc) is 0.811. The Kier molecular flexibility index (Phi) is 5.90. The van der Waals surface area contributed by atoms with Crippen molar-refractivity contribution < 1.29 is 15.0 Å². The Hall–Kier alpha value is -0.665. The molecule has 0 saturated carbocycles. The van der Waals surface area contributed by atoms with Gasteiger partial charge in [-0.2, -0.15) is 0 Å². The fraction of sp³-hybridized carbons (Fsp3) is 0. The van der Waals surface area contributed by atoms with Crippen molar-refractivity contribution in [1.29, 1.82) is 0 Å². The Balaban J connectivity index is 0. The molecular formula is CH5BO3. The lowest BCUT2D eigenvalue weighted by Gasteiger charge is -1.60. The van der Waals surface area contributed by atoms with Crippen LogP contribution in [0.25, 0.3) is 0 Å². The molecule has 0 unspecified atom stereocenters. The summed E-state index contributed by atoms with van der Waals surface area (Å²) in [5, 5.41) is 13.9. The molecule has 2 N–H and O–H groups in total. The zero-order chi connectivity index (χ0) is 3.58. The molecule has 5 heavy (non-hydrogen) atoms. The Bertz CT molecular complexity index is 29.9. The molecule has 0 spiro atoms. The van der Waals surface area contributed by atoms with E-state index in [1.165, 1.54) is 0 Å². The van der Waals surface area contributed by atoms with Crippen LogP contribution < -0.4 is 0 Å². The van der Waals surface area contributed by atoms with Crippen molar-refractivity contribution >= 4 is 14.6 Å². The van der Waals surface area contributed by atoms with E-state index in [2.05, 4.69) is 0 Å². The summed E-state index contributed by atoms with van der Waals surface area (Å²) in [7, 11) is 0. The molecule has 4 heteroatoms. The molecular weight excluding hydrogens is 70.8 g/mol. The summed E-state index contributed by atoms with van der Waals surface area (Å²) >= 11 is 0. The first-order valence-corrected chi connectivity index (χ1v) is 0.651. The smallest absolute Gasteiger partial charge is 0.450 e. The van der Waals surface area contributed by atoms with E-state index in [9.17, 15) is 0 Å². The van der Waals surface area contributed by atoms with Crippen molar-refractivity contribution in [3.8, 4) is 0 Å². The largest absolute Gasteiger partial charge is 0.503 e. The number of carbonyl (C=O) groups is 1. The highest BCUT2D eigenvalue weighted by atomic mass is 16.6. The normalized spacial score (nSPS) is 4.80. The molecule has 3 nitrogen and oxygen atoms in total. The molecule has 0 fully saturated rings. The van der Waals surface area contributed by atoms with Crippen LogP contribution in [0.2, 0.25) is 0 Å². The van der Waals surface area contributed by atoms with Crippen molar-refractivity contribution in [2.45, 2.75) is 0 Å². The zero-order valence-corrected chi connectivity index (χ0v) is 1.80. The summed E-state index contributed by atoms with van der Waals surface area (Å²) < 4.78 is 0. The number of rotatable bonds is 0. The van der Waals surface area contributed by atoms with Crippen LogP contribution in [-0.4, -0.2) is 24.8 Å². The first-order valence-electron chi connectivity index (χ1n) is 0.651. The minimum absolute atomic E-state index is 0. The van der Waals surface area contributed by atoms with Crippen molar-refractivity contribution in [2.75, 3.05) is 0 Å². The number of carboxylic acid groups (broad SMARTS) is 2. The van der Waals surface area contributed by atoms with Gasteiger partial charge in [-0.1, -0.05) is 0 Å². The predicted molar refractivity (Wildman–Crippen MR) is 20.6 cm³/mol. The van der Waals surface area contributed by atoms with Gasteiger partial charge in [0.15, 0.2) is 0 Å². The third-order valence-electron chi connectivity index (χ3n) is 0. The highest BCUT2D eigenvalue weighted by molar-refractivity contribution is 5.75. The summed E-state index contributed by atoms with van der Waals surface area (Å²) in [6.07, 6.45) is -1.83. The second kappa shape index (κ2) is 3.33. The minimum atomic E-state index is -1.83. The molecule has 0 aliphatic carbocycles.